The van der Waals surface area contributed by atoms with Gasteiger partial charge in [0.25, 0.3) is 0 Å². The lowest BCUT2D eigenvalue weighted by atomic mass is 9.73. The first-order valence-corrected chi connectivity index (χ1v) is 7.10. The lowest BCUT2D eigenvalue weighted by molar-refractivity contribution is 0.136. The Morgan fingerprint density at radius 2 is 1.40 bits per heavy atom. The maximum Gasteiger partial charge on any atom is 0.0553 e. The molecular weight excluding hydrogens is 250 g/mol. The smallest absolute Gasteiger partial charge is 0.0553 e. The van der Waals surface area contributed by atoms with E-state index in [1.807, 2.05) is 0 Å². The minimum atomic E-state index is -0.0553. The van der Waals surface area contributed by atoms with Crippen molar-refractivity contribution in [3.8, 4) is 0 Å². The summed E-state index contributed by atoms with van der Waals surface area (Å²) in [6.45, 7) is 10.8. The Morgan fingerprint density at radius 1 is 0.900 bits per heavy atom. The van der Waals surface area contributed by atoms with Gasteiger partial charge in [-0.1, -0.05) is 45.9 Å². The third-order valence-corrected chi connectivity index (χ3v) is 3.79. The maximum absolute atomic E-state index is 5.80. The molecule has 0 saturated carbocycles. The van der Waals surface area contributed by atoms with Crippen LogP contribution in [0.4, 0.5) is 0 Å². The highest BCUT2D eigenvalue weighted by molar-refractivity contribution is 5.41. The number of nitrogens with two attached hydrogens (primary N) is 1. The number of hydrogen-bond donors (Lipinski definition) is 1. The lowest BCUT2D eigenvalue weighted by Crippen LogP contribution is -2.32. The molecule has 0 unspecified atom stereocenters. The molecule has 1 aromatic rings. The highest BCUT2D eigenvalue weighted by Crippen LogP contribution is 2.35. The van der Waals surface area contributed by atoms with Crippen LogP contribution in [-0.2, 0) is 26.8 Å². The molecule has 0 aliphatic rings. The van der Waals surface area contributed by atoms with Crippen molar-refractivity contribution < 1.29 is 9.47 Å². The Balaban J connectivity index is 3.37. The summed E-state index contributed by atoms with van der Waals surface area (Å²) >= 11 is 0. The summed E-state index contributed by atoms with van der Waals surface area (Å²) in [6, 6.07) is 6.51. The predicted octanol–water partition coefficient (Wildman–Crippen LogP) is 2.99. The molecule has 0 heterocycles. The first-order valence-electron chi connectivity index (χ1n) is 7.10. The quantitative estimate of drug-likeness (QED) is 0.834. The Kier molecular flexibility index (Phi) is 5.75. The summed E-state index contributed by atoms with van der Waals surface area (Å²) in [5.41, 5.74) is 9.46. The molecule has 0 saturated heterocycles. The van der Waals surface area contributed by atoms with Crippen molar-refractivity contribution in [3.63, 3.8) is 0 Å². The standard InChI is InChI=1S/C17H29NO2/c1-16(2,11-19-5)14-8-7-13(10-18)9-15(14)17(3,4)12-20-6/h7-9H,10-12,18H2,1-6H3. The van der Waals surface area contributed by atoms with Gasteiger partial charge in [0.05, 0.1) is 13.2 Å². The molecule has 114 valence electrons. The molecule has 3 heteroatoms. The molecule has 2 N–H and O–H groups in total. The van der Waals surface area contributed by atoms with Gasteiger partial charge in [-0.2, -0.15) is 0 Å². The van der Waals surface area contributed by atoms with Gasteiger partial charge in [-0.05, 0) is 16.7 Å². The number of methoxy groups -OCH3 is 2. The third kappa shape index (κ3) is 3.81. The van der Waals surface area contributed by atoms with Gasteiger partial charge in [-0.3, -0.25) is 0 Å². The fraction of sp³-hybridized carbons (Fsp3) is 0.647. The van der Waals surface area contributed by atoms with Crippen molar-refractivity contribution in [2.45, 2.75) is 45.1 Å². The van der Waals surface area contributed by atoms with Crippen molar-refractivity contribution in [3.05, 3.63) is 34.9 Å². The monoisotopic (exact) mass is 279 g/mol. The molecule has 0 aliphatic carbocycles. The fourth-order valence-corrected chi connectivity index (χ4v) is 2.75. The van der Waals surface area contributed by atoms with E-state index < -0.39 is 0 Å². The van der Waals surface area contributed by atoms with Crippen molar-refractivity contribution >= 4 is 0 Å². The van der Waals surface area contributed by atoms with Crippen LogP contribution in [0.15, 0.2) is 18.2 Å². The minimum absolute atomic E-state index is 0.0395. The molecule has 1 rings (SSSR count). The fourth-order valence-electron chi connectivity index (χ4n) is 2.75. The molecule has 20 heavy (non-hydrogen) atoms. The molecule has 0 radical (unpaired) electrons. The summed E-state index contributed by atoms with van der Waals surface area (Å²) in [6.07, 6.45) is 0. The topological polar surface area (TPSA) is 44.5 Å². The van der Waals surface area contributed by atoms with Crippen LogP contribution < -0.4 is 5.73 Å². The third-order valence-electron chi connectivity index (χ3n) is 3.79. The zero-order valence-electron chi connectivity index (χ0n) is 13.7. The van der Waals surface area contributed by atoms with Gasteiger partial charge < -0.3 is 15.2 Å². The highest BCUT2D eigenvalue weighted by Gasteiger charge is 2.31. The lowest BCUT2D eigenvalue weighted by Gasteiger charge is -2.34. The maximum atomic E-state index is 5.80. The van der Waals surface area contributed by atoms with Gasteiger partial charge in [0.1, 0.15) is 0 Å². The van der Waals surface area contributed by atoms with Gasteiger partial charge in [0.15, 0.2) is 0 Å². The van der Waals surface area contributed by atoms with Crippen molar-refractivity contribution in [1.82, 2.24) is 0 Å². The van der Waals surface area contributed by atoms with Crippen LogP contribution in [0.5, 0.6) is 0 Å². The average molecular weight is 279 g/mol. The molecule has 0 aliphatic heterocycles. The summed E-state index contributed by atoms with van der Waals surface area (Å²) in [5, 5.41) is 0. The van der Waals surface area contributed by atoms with Gasteiger partial charge in [-0.25, -0.2) is 0 Å². The summed E-state index contributed by atoms with van der Waals surface area (Å²) in [7, 11) is 3.49. The second-order valence-corrected chi connectivity index (χ2v) is 6.72. The van der Waals surface area contributed by atoms with Crippen LogP contribution in [0.1, 0.15) is 44.4 Å². The minimum Gasteiger partial charge on any atom is -0.384 e. The molecule has 0 spiro atoms. The van der Waals surface area contributed by atoms with E-state index >= 15 is 0 Å². The second kappa shape index (κ2) is 6.70. The first kappa shape index (κ1) is 17.2. The van der Waals surface area contributed by atoms with E-state index in [-0.39, 0.29) is 10.8 Å². The second-order valence-electron chi connectivity index (χ2n) is 6.72. The Morgan fingerprint density at radius 3 is 1.85 bits per heavy atom. The number of benzene rings is 1. The van der Waals surface area contributed by atoms with Crippen molar-refractivity contribution in [1.29, 1.82) is 0 Å². The zero-order valence-corrected chi connectivity index (χ0v) is 13.7. The normalized spacial score (nSPS) is 12.8. The largest absolute Gasteiger partial charge is 0.384 e. The number of ether oxygens (including phenoxy) is 2. The predicted molar refractivity (Wildman–Crippen MR) is 84.1 cm³/mol. The number of rotatable bonds is 7. The van der Waals surface area contributed by atoms with Crippen LogP contribution in [0.3, 0.4) is 0 Å². The van der Waals surface area contributed by atoms with Gasteiger partial charge >= 0.3 is 0 Å². The van der Waals surface area contributed by atoms with Crippen LogP contribution in [-0.4, -0.2) is 27.4 Å². The summed E-state index contributed by atoms with van der Waals surface area (Å²) in [5.74, 6) is 0. The highest BCUT2D eigenvalue weighted by atomic mass is 16.5. The molecule has 0 amide bonds. The molecule has 3 nitrogen and oxygen atoms in total. The van der Waals surface area contributed by atoms with Gasteiger partial charge in [0.2, 0.25) is 0 Å². The molecule has 0 bridgehead atoms. The summed E-state index contributed by atoms with van der Waals surface area (Å²) in [4.78, 5) is 0. The van der Waals surface area contributed by atoms with Gasteiger partial charge in [0, 0.05) is 31.6 Å². The van der Waals surface area contributed by atoms with Crippen LogP contribution in [0.2, 0.25) is 0 Å². The van der Waals surface area contributed by atoms with E-state index in [2.05, 4.69) is 45.9 Å². The Bertz CT molecular complexity index is 439. The van der Waals surface area contributed by atoms with Crippen LogP contribution >= 0.6 is 0 Å². The molecule has 0 fully saturated rings. The van der Waals surface area contributed by atoms with Crippen LogP contribution in [0.25, 0.3) is 0 Å². The molecule has 1 aromatic carbocycles. The van der Waals surface area contributed by atoms with Crippen molar-refractivity contribution in [2.24, 2.45) is 5.73 Å². The Labute approximate surface area is 123 Å². The van der Waals surface area contributed by atoms with E-state index in [0.29, 0.717) is 19.8 Å². The molecule has 0 atom stereocenters. The number of hydrogen-bond acceptors (Lipinski definition) is 3. The molecule has 0 aromatic heterocycles. The first-order chi connectivity index (χ1) is 9.28. The van der Waals surface area contributed by atoms with Crippen LogP contribution in [0, 0.1) is 0 Å². The zero-order chi connectivity index (χ0) is 15.4. The van der Waals surface area contributed by atoms with E-state index in [9.17, 15) is 0 Å². The van der Waals surface area contributed by atoms with Crippen molar-refractivity contribution in [2.75, 3.05) is 27.4 Å². The van der Waals surface area contributed by atoms with E-state index in [1.54, 1.807) is 14.2 Å². The summed E-state index contributed by atoms with van der Waals surface area (Å²) < 4.78 is 10.8. The average Bonchev–Trinajstić information content (AvgIpc) is 2.38. The SMILES string of the molecule is COCC(C)(C)c1ccc(CN)cc1C(C)(C)COC. The van der Waals surface area contributed by atoms with E-state index in [4.69, 9.17) is 15.2 Å². The Hall–Kier alpha value is -0.900. The van der Waals surface area contributed by atoms with E-state index in [1.165, 1.54) is 11.1 Å². The molecular formula is C17H29NO2. The van der Waals surface area contributed by atoms with Gasteiger partial charge in [-0.15, -0.1) is 0 Å². The van der Waals surface area contributed by atoms with E-state index in [0.717, 1.165) is 5.56 Å².